The number of carbonyl (C=O) groups excluding carboxylic acids is 3. The summed E-state index contributed by atoms with van der Waals surface area (Å²) in [6, 6.07) is 12.0. The van der Waals surface area contributed by atoms with Gasteiger partial charge in [-0.15, -0.1) is 11.3 Å². The number of carboxylic acids is 1. The van der Waals surface area contributed by atoms with Crippen molar-refractivity contribution in [3.8, 4) is 0 Å². The van der Waals surface area contributed by atoms with E-state index in [2.05, 4.69) is 15.2 Å². The third-order valence-corrected chi connectivity index (χ3v) is 7.90. The SMILES string of the molecule is O=C(Nc1cccc2c1C(O)N(CCC(=O)N1CCN(c3ccncc3)CC1)C2=O)c1ccc(Cl)s1.O=C(O)C(F)(F)F. The van der Waals surface area contributed by atoms with Crippen molar-refractivity contribution in [2.75, 3.05) is 42.9 Å². The second-order valence-electron chi connectivity index (χ2n) is 9.32. The number of thiophene rings is 1. The van der Waals surface area contributed by atoms with Crippen LogP contribution in [0.4, 0.5) is 24.5 Å². The Morgan fingerprint density at radius 2 is 1.70 bits per heavy atom. The molecule has 1 atom stereocenters. The smallest absolute Gasteiger partial charge is 0.475 e. The summed E-state index contributed by atoms with van der Waals surface area (Å²) in [5, 5.41) is 20.9. The number of aliphatic carboxylic acids is 1. The van der Waals surface area contributed by atoms with Gasteiger partial charge < -0.3 is 30.2 Å². The number of aromatic nitrogens is 1. The first kappa shape index (κ1) is 31.7. The van der Waals surface area contributed by atoms with Gasteiger partial charge in [-0.2, -0.15) is 13.2 Å². The number of nitrogens with zero attached hydrogens (tertiary/aromatic N) is 4. The first-order valence-electron chi connectivity index (χ1n) is 12.8. The van der Waals surface area contributed by atoms with E-state index in [-0.39, 0.29) is 30.7 Å². The molecule has 4 heterocycles. The number of hydrogen-bond acceptors (Lipinski definition) is 8. The fourth-order valence-electron chi connectivity index (χ4n) is 4.55. The average molecular weight is 640 g/mol. The van der Waals surface area contributed by atoms with Gasteiger partial charge in [-0.3, -0.25) is 19.4 Å². The van der Waals surface area contributed by atoms with Crippen LogP contribution in [0.1, 0.15) is 38.2 Å². The van der Waals surface area contributed by atoms with Gasteiger partial charge in [0.1, 0.15) is 0 Å². The lowest BCUT2D eigenvalue weighted by molar-refractivity contribution is -0.192. The number of anilines is 2. The minimum Gasteiger partial charge on any atom is -0.475 e. The van der Waals surface area contributed by atoms with E-state index in [9.17, 15) is 32.7 Å². The molecular formula is C27H25ClF3N5O6S. The van der Waals surface area contributed by atoms with Crippen LogP contribution in [0.2, 0.25) is 4.34 Å². The lowest BCUT2D eigenvalue weighted by Crippen LogP contribution is -2.49. The van der Waals surface area contributed by atoms with Crippen molar-refractivity contribution in [1.82, 2.24) is 14.8 Å². The Morgan fingerprint density at radius 3 is 2.28 bits per heavy atom. The van der Waals surface area contributed by atoms with Crippen LogP contribution in [0, 0.1) is 0 Å². The van der Waals surface area contributed by atoms with Gasteiger partial charge in [0.15, 0.2) is 6.23 Å². The molecule has 43 heavy (non-hydrogen) atoms. The van der Waals surface area contributed by atoms with Crippen molar-refractivity contribution >= 4 is 58.0 Å². The van der Waals surface area contributed by atoms with Gasteiger partial charge in [0.2, 0.25) is 5.91 Å². The summed E-state index contributed by atoms with van der Waals surface area (Å²) >= 11 is 7.07. The number of fused-ring (bicyclic) bond motifs is 1. The number of piperazine rings is 1. The molecule has 0 saturated carbocycles. The van der Waals surface area contributed by atoms with Gasteiger partial charge in [0.25, 0.3) is 11.8 Å². The lowest BCUT2D eigenvalue weighted by atomic mass is 10.1. The van der Waals surface area contributed by atoms with Crippen LogP contribution in [0.3, 0.4) is 0 Å². The molecule has 1 saturated heterocycles. The van der Waals surface area contributed by atoms with Crippen LogP contribution in [0.15, 0.2) is 54.9 Å². The number of hydrogen-bond donors (Lipinski definition) is 3. The van der Waals surface area contributed by atoms with Crippen molar-refractivity contribution in [2.45, 2.75) is 18.8 Å². The zero-order valence-electron chi connectivity index (χ0n) is 22.3. The Bertz CT molecular complexity index is 1500. The van der Waals surface area contributed by atoms with E-state index in [4.69, 9.17) is 21.5 Å². The van der Waals surface area contributed by atoms with Crippen molar-refractivity contribution in [2.24, 2.45) is 0 Å². The molecule has 0 aliphatic carbocycles. The minimum atomic E-state index is -5.08. The standard InChI is InChI=1S/C25H24ClN5O4S.C2HF3O2/c26-20-5-4-19(36-20)23(33)28-18-3-1-2-17-22(18)25(35)31(24(17)34)11-8-21(32)30-14-12-29(13-15-30)16-6-9-27-10-7-16;3-2(4,5)1(6)7/h1-7,9-10,25,35H,8,11-15H2,(H,28,33);(H,6,7). The Morgan fingerprint density at radius 1 is 1.05 bits per heavy atom. The summed E-state index contributed by atoms with van der Waals surface area (Å²) in [7, 11) is 0. The molecule has 2 aliphatic rings. The van der Waals surface area contributed by atoms with E-state index in [1.165, 1.54) is 4.90 Å². The molecule has 0 bridgehead atoms. The molecule has 16 heteroatoms. The number of amides is 3. The summed E-state index contributed by atoms with van der Waals surface area (Å²) in [4.78, 5) is 57.1. The summed E-state index contributed by atoms with van der Waals surface area (Å²) in [6.07, 6.45) is -2.75. The van der Waals surface area contributed by atoms with Crippen molar-refractivity contribution < 1.29 is 42.6 Å². The second-order valence-corrected chi connectivity index (χ2v) is 11.0. The highest BCUT2D eigenvalue weighted by atomic mass is 35.5. The van der Waals surface area contributed by atoms with Gasteiger partial charge in [0, 0.05) is 74.0 Å². The van der Waals surface area contributed by atoms with Crippen LogP contribution < -0.4 is 10.2 Å². The number of aliphatic hydroxyl groups is 1. The molecule has 3 amide bonds. The minimum absolute atomic E-state index is 0.0663. The van der Waals surface area contributed by atoms with E-state index in [0.29, 0.717) is 52.2 Å². The predicted octanol–water partition coefficient (Wildman–Crippen LogP) is 3.87. The Balaban J connectivity index is 0.000000541. The number of carboxylic acid groups (broad SMARTS) is 1. The molecule has 1 unspecified atom stereocenters. The van der Waals surface area contributed by atoms with Gasteiger partial charge in [0.05, 0.1) is 9.21 Å². The van der Waals surface area contributed by atoms with Crippen LogP contribution in [-0.4, -0.2) is 87.6 Å². The van der Waals surface area contributed by atoms with Gasteiger partial charge in [-0.1, -0.05) is 17.7 Å². The number of halogens is 4. The molecule has 228 valence electrons. The maximum Gasteiger partial charge on any atom is 0.490 e. The monoisotopic (exact) mass is 639 g/mol. The third-order valence-electron chi connectivity index (χ3n) is 6.67. The largest absolute Gasteiger partial charge is 0.490 e. The van der Waals surface area contributed by atoms with E-state index in [1.54, 1.807) is 47.6 Å². The normalized spacial score (nSPS) is 16.3. The Hall–Kier alpha value is -4.21. The number of pyridine rings is 1. The molecule has 1 fully saturated rings. The van der Waals surface area contributed by atoms with Crippen molar-refractivity contribution in [3.63, 3.8) is 0 Å². The van der Waals surface area contributed by atoms with E-state index in [1.807, 2.05) is 12.1 Å². The molecule has 2 aromatic heterocycles. The highest BCUT2D eigenvalue weighted by Crippen LogP contribution is 2.37. The topological polar surface area (TPSA) is 143 Å². The number of rotatable bonds is 6. The zero-order chi connectivity index (χ0) is 31.3. The maximum absolute atomic E-state index is 13.0. The fraction of sp³-hybridized carbons (Fsp3) is 0.296. The van der Waals surface area contributed by atoms with Crippen LogP contribution >= 0.6 is 22.9 Å². The predicted molar refractivity (Wildman–Crippen MR) is 151 cm³/mol. The quantitative estimate of drug-likeness (QED) is 0.369. The summed E-state index contributed by atoms with van der Waals surface area (Å²) < 4.78 is 32.2. The van der Waals surface area contributed by atoms with E-state index >= 15 is 0 Å². The summed E-state index contributed by atoms with van der Waals surface area (Å²) in [6.45, 7) is 2.67. The number of alkyl halides is 3. The Labute approximate surface area is 252 Å². The molecule has 3 N–H and O–H groups in total. The summed E-state index contributed by atoms with van der Waals surface area (Å²) in [5.41, 5.74) is 2.06. The van der Waals surface area contributed by atoms with Gasteiger partial charge >= 0.3 is 12.1 Å². The van der Waals surface area contributed by atoms with Crippen LogP contribution in [0.25, 0.3) is 0 Å². The average Bonchev–Trinajstić information content (AvgIpc) is 3.53. The number of aliphatic hydroxyl groups excluding tert-OH is 1. The van der Waals surface area contributed by atoms with Gasteiger partial charge in [-0.05, 0) is 36.4 Å². The maximum atomic E-state index is 13.0. The van der Waals surface area contributed by atoms with Crippen LogP contribution in [-0.2, 0) is 9.59 Å². The molecule has 0 spiro atoms. The first-order chi connectivity index (χ1) is 20.4. The molecule has 1 aromatic carbocycles. The van der Waals surface area contributed by atoms with E-state index < -0.39 is 18.4 Å². The molecular weight excluding hydrogens is 615 g/mol. The van der Waals surface area contributed by atoms with Gasteiger partial charge in [-0.25, -0.2) is 4.79 Å². The highest BCUT2D eigenvalue weighted by molar-refractivity contribution is 7.18. The lowest BCUT2D eigenvalue weighted by Gasteiger charge is -2.36. The molecule has 0 radical (unpaired) electrons. The molecule has 3 aromatic rings. The molecule has 2 aliphatic heterocycles. The zero-order valence-corrected chi connectivity index (χ0v) is 23.8. The molecule has 5 rings (SSSR count). The van der Waals surface area contributed by atoms with E-state index in [0.717, 1.165) is 17.0 Å². The summed E-state index contributed by atoms with van der Waals surface area (Å²) in [5.74, 6) is -3.57. The Kier molecular flexibility index (Phi) is 9.88. The highest BCUT2D eigenvalue weighted by Gasteiger charge is 2.39. The second kappa shape index (κ2) is 13.4. The number of benzene rings is 1. The third kappa shape index (κ3) is 7.60. The fourth-order valence-corrected chi connectivity index (χ4v) is 5.49. The van der Waals surface area contributed by atoms with Crippen molar-refractivity contribution in [1.29, 1.82) is 0 Å². The first-order valence-corrected chi connectivity index (χ1v) is 14.0. The molecule has 11 nitrogen and oxygen atoms in total. The van der Waals surface area contributed by atoms with Crippen molar-refractivity contribution in [3.05, 3.63) is 75.2 Å². The van der Waals surface area contributed by atoms with Crippen LogP contribution in [0.5, 0.6) is 0 Å². The number of nitrogens with one attached hydrogen (secondary N) is 1. The number of carbonyl (C=O) groups is 4.